The van der Waals surface area contributed by atoms with Crippen molar-refractivity contribution >= 4 is 15.9 Å². The van der Waals surface area contributed by atoms with E-state index >= 15 is 0 Å². The van der Waals surface area contributed by atoms with Gasteiger partial charge in [-0.2, -0.15) is 0 Å². The molecule has 0 aromatic heterocycles. The van der Waals surface area contributed by atoms with Crippen molar-refractivity contribution in [1.82, 2.24) is 0 Å². The third kappa shape index (κ3) is 3.80. The van der Waals surface area contributed by atoms with Gasteiger partial charge in [0.15, 0.2) is 0 Å². The standard InChI is InChI=1S/C13H19BrO2/c1-10(11(2)14)12-6-4-5-7-13(12)16-9-8-15-3/h4-7,10-11H,8-9H2,1-3H3. The molecule has 2 nitrogen and oxygen atoms in total. The zero-order valence-corrected chi connectivity index (χ0v) is 11.7. The highest BCUT2D eigenvalue weighted by molar-refractivity contribution is 9.09. The van der Waals surface area contributed by atoms with Crippen LogP contribution in [0.2, 0.25) is 0 Å². The van der Waals surface area contributed by atoms with Gasteiger partial charge in [0, 0.05) is 11.9 Å². The van der Waals surface area contributed by atoms with E-state index in [1.165, 1.54) is 5.56 Å². The van der Waals surface area contributed by atoms with E-state index in [-0.39, 0.29) is 0 Å². The van der Waals surface area contributed by atoms with E-state index in [4.69, 9.17) is 9.47 Å². The van der Waals surface area contributed by atoms with Crippen LogP contribution in [0, 0.1) is 0 Å². The monoisotopic (exact) mass is 286 g/mol. The molecule has 0 radical (unpaired) electrons. The molecule has 2 unspecified atom stereocenters. The van der Waals surface area contributed by atoms with Crippen LogP contribution in [0.4, 0.5) is 0 Å². The molecule has 1 aromatic carbocycles. The van der Waals surface area contributed by atoms with E-state index in [9.17, 15) is 0 Å². The van der Waals surface area contributed by atoms with E-state index in [1.54, 1.807) is 7.11 Å². The summed E-state index contributed by atoms with van der Waals surface area (Å²) < 4.78 is 10.7. The van der Waals surface area contributed by atoms with Crippen molar-refractivity contribution in [3.8, 4) is 5.75 Å². The third-order valence-corrected chi connectivity index (χ3v) is 3.44. The zero-order valence-electron chi connectivity index (χ0n) is 10.1. The van der Waals surface area contributed by atoms with Gasteiger partial charge in [0.05, 0.1) is 6.61 Å². The molecular formula is C13H19BrO2. The molecule has 0 aliphatic carbocycles. The highest BCUT2D eigenvalue weighted by Crippen LogP contribution is 2.31. The van der Waals surface area contributed by atoms with Crippen LogP contribution >= 0.6 is 15.9 Å². The Morgan fingerprint density at radius 3 is 2.50 bits per heavy atom. The normalized spacial score (nSPS) is 14.5. The van der Waals surface area contributed by atoms with E-state index in [0.29, 0.717) is 24.0 Å². The number of methoxy groups -OCH3 is 1. The first kappa shape index (κ1) is 13.5. The SMILES string of the molecule is COCCOc1ccccc1C(C)C(C)Br. The number of alkyl halides is 1. The van der Waals surface area contributed by atoms with Crippen molar-refractivity contribution < 1.29 is 9.47 Å². The first-order chi connectivity index (χ1) is 7.66. The smallest absolute Gasteiger partial charge is 0.122 e. The van der Waals surface area contributed by atoms with Gasteiger partial charge in [0.2, 0.25) is 0 Å². The molecule has 0 heterocycles. The number of rotatable bonds is 6. The van der Waals surface area contributed by atoms with Crippen LogP contribution in [0.5, 0.6) is 5.75 Å². The first-order valence-electron chi connectivity index (χ1n) is 5.51. The molecule has 0 aliphatic rings. The van der Waals surface area contributed by atoms with Crippen molar-refractivity contribution in [2.24, 2.45) is 0 Å². The number of benzene rings is 1. The summed E-state index contributed by atoms with van der Waals surface area (Å²) >= 11 is 3.61. The molecule has 0 aliphatic heterocycles. The summed E-state index contributed by atoms with van der Waals surface area (Å²) in [4.78, 5) is 0.430. The molecule has 1 rings (SSSR count). The van der Waals surface area contributed by atoms with E-state index < -0.39 is 0 Å². The molecule has 2 atom stereocenters. The van der Waals surface area contributed by atoms with Gasteiger partial charge in [0.1, 0.15) is 12.4 Å². The van der Waals surface area contributed by atoms with Crippen LogP contribution in [0.15, 0.2) is 24.3 Å². The predicted octanol–water partition coefficient (Wildman–Crippen LogP) is 3.60. The van der Waals surface area contributed by atoms with Crippen LogP contribution in [0.3, 0.4) is 0 Å². The zero-order chi connectivity index (χ0) is 12.0. The Balaban J connectivity index is 2.75. The molecule has 0 N–H and O–H groups in total. The van der Waals surface area contributed by atoms with Gasteiger partial charge < -0.3 is 9.47 Å². The lowest BCUT2D eigenvalue weighted by Crippen LogP contribution is -2.10. The average molecular weight is 287 g/mol. The van der Waals surface area contributed by atoms with Crippen LogP contribution in [-0.4, -0.2) is 25.2 Å². The van der Waals surface area contributed by atoms with Gasteiger partial charge in [-0.1, -0.05) is 48.0 Å². The fraction of sp³-hybridized carbons (Fsp3) is 0.538. The van der Waals surface area contributed by atoms with Crippen molar-refractivity contribution in [1.29, 1.82) is 0 Å². The Morgan fingerprint density at radius 1 is 1.19 bits per heavy atom. The van der Waals surface area contributed by atoms with Gasteiger partial charge in [-0.3, -0.25) is 0 Å². The van der Waals surface area contributed by atoms with Gasteiger partial charge in [-0.05, 0) is 17.5 Å². The summed E-state index contributed by atoms with van der Waals surface area (Å²) in [7, 11) is 1.68. The Labute approximate surface area is 106 Å². The van der Waals surface area contributed by atoms with Crippen LogP contribution in [0.25, 0.3) is 0 Å². The highest BCUT2D eigenvalue weighted by atomic mass is 79.9. The molecule has 0 fully saturated rings. The lowest BCUT2D eigenvalue weighted by Gasteiger charge is -2.18. The first-order valence-corrected chi connectivity index (χ1v) is 6.43. The minimum atomic E-state index is 0.429. The fourth-order valence-corrected chi connectivity index (χ4v) is 1.76. The fourth-order valence-electron chi connectivity index (χ4n) is 1.47. The van der Waals surface area contributed by atoms with Gasteiger partial charge >= 0.3 is 0 Å². The van der Waals surface area contributed by atoms with Crippen LogP contribution in [0.1, 0.15) is 25.3 Å². The summed E-state index contributed by atoms with van der Waals surface area (Å²) in [5.41, 5.74) is 1.24. The maximum Gasteiger partial charge on any atom is 0.122 e. The van der Waals surface area contributed by atoms with Crippen LogP contribution < -0.4 is 4.74 Å². The molecule has 0 amide bonds. The molecule has 0 saturated heterocycles. The number of hydrogen-bond donors (Lipinski definition) is 0. The third-order valence-electron chi connectivity index (χ3n) is 2.64. The Morgan fingerprint density at radius 2 is 1.88 bits per heavy atom. The summed E-state index contributed by atoms with van der Waals surface area (Å²) in [5.74, 6) is 1.39. The van der Waals surface area contributed by atoms with Crippen molar-refractivity contribution in [3.05, 3.63) is 29.8 Å². The summed E-state index contributed by atoms with van der Waals surface area (Å²) in [6.07, 6.45) is 0. The van der Waals surface area contributed by atoms with Crippen LogP contribution in [-0.2, 0) is 4.74 Å². The topological polar surface area (TPSA) is 18.5 Å². The second-order valence-electron chi connectivity index (χ2n) is 3.85. The molecule has 0 saturated carbocycles. The van der Waals surface area contributed by atoms with E-state index in [0.717, 1.165) is 5.75 Å². The second kappa shape index (κ2) is 6.92. The molecular weight excluding hydrogens is 268 g/mol. The molecule has 0 bridgehead atoms. The Bertz CT molecular complexity index is 313. The molecule has 1 aromatic rings. The van der Waals surface area contributed by atoms with Gasteiger partial charge in [0.25, 0.3) is 0 Å². The number of para-hydroxylation sites is 1. The summed E-state index contributed by atoms with van der Waals surface area (Å²) in [6.45, 7) is 5.55. The second-order valence-corrected chi connectivity index (χ2v) is 5.29. The number of halogens is 1. The summed E-state index contributed by atoms with van der Waals surface area (Å²) in [5, 5.41) is 0. The van der Waals surface area contributed by atoms with Gasteiger partial charge in [-0.15, -0.1) is 0 Å². The van der Waals surface area contributed by atoms with Gasteiger partial charge in [-0.25, -0.2) is 0 Å². The molecule has 90 valence electrons. The molecule has 3 heteroatoms. The number of hydrogen-bond acceptors (Lipinski definition) is 2. The Kier molecular flexibility index (Phi) is 5.85. The molecule has 16 heavy (non-hydrogen) atoms. The highest BCUT2D eigenvalue weighted by Gasteiger charge is 2.15. The number of ether oxygens (including phenoxy) is 2. The maximum atomic E-state index is 5.70. The average Bonchev–Trinajstić information content (AvgIpc) is 2.29. The van der Waals surface area contributed by atoms with Crippen molar-refractivity contribution in [2.75, 3.05) is 20.3 Å². The summed E-state index contributed by atoms with van der Waals surface area (Å²) in [6, 6.07) is 8.17. The van der Waals surface area contributed by atoms with E-state index in [1.807, 2.05) is 18.2 Å². The van der Waals surface area contributed by atoms with E-state index in [2.05, 4.69) is 35.8 Å². The van der Waals surface area contributed by atoms with Crippen molar-refractivity contribution in [3.63, 3.8) is 0 Å². The minimum Gasteiger partial charge on any atom is -0.491 e. The maximum absolute atomic E-state index is 5.70. The van der Waals surface area contributed by atoms with Crippen molar-refractivity contribution in [2.45, 2.75) is 24.6 Å². The quantitative estimate of drug-likeness (QED) is 0.588. The lowest BCUT2D eigenvalue weighted by molar-refractivity contribution is 0.145. The predicted molar refractivity (Wildman–Crippen MR) is 70.6 cm³/mol. The Hall–Kier alpha value is -0.540. The lowest BCUT2D eigenvalue weighted by atomic mass is 9.98. The largest absolute Gasteiger partial charge is 0.491 e. The minimum absolute atomic E-state index is 0.429. The molecule has 0 spiro atoms.